The fourth-order valence-electron chi connectivity index (χ4n) is 2.61. The SMILES string of the molecule is CCN(c1ccccc1)c1cnnc(Nc2cc(C)c(Cl)cc2OC)n1. The number of hydrogen-bond acceptors (Lipinski definition) is 6. The Labute approximate surface area is 157 Å². The first kappa shape index (κ1) is 17.9. The maximum absolute atomic E-state index is 6.16. The molecule has 1 aromatic heterocycles. The number of aromatic nitrogens is 3. The fraction of sp³-hybridized carbons (Fsp3) is 0.211. The quantitative estimate of drug-likeness (QED) is 0.676. The van der Waals surface area contributed by atoms with E-state index in [-0.39, 0.29) is 0 Å². The third-order valence-electron chi connectivity index (χ3n) is 3.93. The third kappa shape index (κ3) is 3.86. The summed E-state index contributed by atoms with van der Waals surface area (Å²) in [7, 11) is 1.59. The van der Waals surface area contributed by atoms with Gasteiger partial charge in [-0.15, -0.1) is 5.10 Å². The molecule has 0 saturated carbocycles. The summed E-state index contributed by atoms with van der Waals surface area (Å²) >= 11 is 6.16. The first-order chi connectivity index (χ1) is 12.6. The average Bonchev–Trinajstić information content (AvgIpc) is 2.66. The molecule has 0 unspecified atom stereocenters. The molecule has 26 heavy (non-hydrogen) atoms. The summed E-state index contributed by atoms with van der Waals surface area (Å²) in [5.74, 6) is 1.71. The highest BCUT2D eigenvalue weighted by Gasteiger charge is 2.13. The van der Waals surface area contributed by atoms with Crippen molar-refractivity contribution < 1.29 is 4.74 Å². The molecule has 0 aliphatic carbocycles. The van der Waals surface area contributed by atoms with Gasteiger partial charge < -0.3 is 15.0 Å². The van der Waals surface area contributed by atoms with Crippen LogP contribution in [-0.2, 0) is 0 Å². The monoisotopic (exact) mass is 369 g/mol. The Morgan fingerprint density at radius 1 is 1.19 bits per heavy atom. The van der Waals surface area contributed by atoms with Crippen LogP contribution in [0, 0.1) is 6.92 Å². The zero-order valence-electron chi connectivity index (χ0n) is 14.9. The summed E-state index contributed by atoms with van der Waals surface area (Å²) < 4.78 is 5.39. The van der Waals surface area contributed by atoms with Gasteiger partial charge in [0.25, 0.3) is 0 Å². The van der Waals surface area contributed by atoms with Crippen LogP contribution in [0.15, 0.2) is 48.7 Å². The van der Waals surface area contributed by atoms with Crippen molar-refractivity contribution in [3.63, 3.8) is 0 Å². The van der Waals surface area contributed by atoms with Crippen LogP contribution >= 0.6 is 11.6 Å². The normalized spacial score (nSPS) is 10.5. The topological polar surface area (TPSA) is 63.2 Å². The number of aryl methyl sites for hydroxylation is 1. The zero-order chi connectivity index (χ0) is 18.5. The van der Waals surface area contributed by atoms with Gasteiger partial charge in [0.15, 0.2) is 5.82 Å². The summed E-state index contributed by atoms with van der Waals surface area (Å²) in [6.45, 7) is 4.75. The Balaban J connectivity index is 1.92. The summed E-state index contributed by atoms with van der Waals surface area (Å²) in [5.41, 5.74) is 2.70. The van der Waals surface area contributed by atoms with E-state index in [1.54, 1.807) is 19.4 Å². The molecule has 134 valence electrons. The molecule has 0 atom stereocenters. The molecule has 2 aromatic carbocycles. The molecule has 0 amide bonds. The van der Waals surface area contributed by atoms with E-state index in [1.807, 2.05) is 43.3 Å². The van der Waals surface area contributed by atoms with Crippen LogP contribution in [-0.4, -0.2) is 28.8 Å². The lowest BCUT2D eigenvalue weighted by Gasteiger charge is -2.22. The van der Waals surface area contributed by atoms with E-state index in [4.69, 9.17) is 16.3 Å². The van der Waals surface area contributed by atoms with Gasteiger partial charge in [-0.05, 0) is 37.6 Å². The Bertz CT molecular complexity index is 888. The summed E-state index contributed by atoms with van der Waals surface area (Å²) in [6.07, 6.45) is 1.64. The van der Waals surface area contributed by atoms with Crippen LogP contribution in [0.2, 0.25) is 5.02 Å². The first-order valence-corrected chi connectivity index (χ1v) is 8.63. The summed E-state index contributed by atoms with van der Waals surface area (Å²) in [6, 6.07) is 13.7. The Kier molecular flexibility index (Phi) is 5.53. The van der Waals surface area contributed by atoms with Gasteiger partial charge in [0.1, 0.15) is 5.75 Å². The molecule has 0 aliphatic rings. The van der Waals surface area contributed by atoms with Gasteiger partial charge in [-0.2, -0.15) is 10.1 Å². The number of hydrogen-bond donors (Lipinski definition) is 1. The maximum Gasteiger partial charge on any atom is 0.249 e. The van der Waals surface area contributed by atoms with Crippen molar-refractivity contribution in [1.29, 1.82) is 0 Å². The Morgan fingerprint density at radius 2 is 1.96 bits per heavy atom. The van der Waals surface area contributed by atoms with Gasteiger partial charge in [-0.3, -0.25) is 0 Å². The fourth-order valence-corrected chi connectivity index (χ4v) is 2.77. The van der Waals surface area contributed by atoms with Crippen LogP contribution in [0.4, 0.5) is 23.1 Å². The molecule has 0 aliphatic heterocycles. The van der Waals surface area contributed by atoms with Crippen molar-refractivity contribution in [2.45, 2.75) is 13.8 Å². The number of methoxy groups -OCH3 is 1. The van der Waals surface area contributed by atoms with Crippen molar-refractivity contribution in [2.75, 3.05) is 23.9 Å². The van der Waals surface area contributed by atoms with Crippen LogP contribution < -0.4 is 15.0 Å². The molecule has 0 radical (unpaired) electrons. The lowest BCUT2D eigenvalue weighted by molar-refractivity contribution is 0.416. The smallest absolute Gasteiger partial charge is 0.249 e. The number of halogens is 1. The predicted molar refractivity (Wildman–Crippen MR) is 105 cm³/mol. The van der Waals surface area contributed by atoms with E-state index >= 15 is 0 Å². The number of nitrogens with zero attached hydrogens (tertiary/aromatic N) is 4. The van der Waals surface area contributed by atoms with Gasteiger partial charge in [0.05, 0.1) is 19.0 Å². The van der Waals surface area contributed by atoms with Crippen molar-refractivity contribution in [1.82, 2.24) is 15.2 Å². The maximum atomic E-state index is 6.16. The average molecular weight is 370 g/mol. The van der Waals surface area contributed by atoms with Gasteiger partial charge in [-0.25, -0.2) is 0 Å². The highest BCUT2D eigenvalue weighted by Crippen LogP contribution is 2.32. The Hall–Kier alpha value is -2.86. The van der Waals surface area contributed by atoms with Gasteiger partial charge in [0.2, 0.25) is 5.95 Å². The first-order valence-electron chi connectivity index (χ1n) is 8.25. The van der Waals surface area contributed by atoms with E-state index in [0.717, 1.165) is 23.5 Å². The minimum Gasteiger partial charge on any atom is -0.495 e. The van der Waals surface area contributed by atoms with Crippen LogP contribution in [0.5, 0.6) is 5.75 Å². The zero-order valence-corrected chi connectivity index (χ0v) is 15.7. The summed E-state index contributed by atoms with van der Waals surface area (Å²) in [5, 5.41) is 12.0. The summed E-state index contributed by atoms with van der Waals surface area (Å²) in [4.78, 5) is 6.66. The second kappa shape index (κ2) is 8.01. The number of para-hydroxylation sites is 1. The van der Waals surface area contributed by atoms with E-state index in [0.29, 0.717) is 22.5 Å². The predicted octanol–water partition coefficient (Wildman–Crippen LogP) is 4.74. The lowest BCUT2D eigenvalue weighted by Crippen LogP contribution is -2.18. The number of ether oxygens (including phenoxy) is 1. The largest absolute Gasteiger partial charge is 0.495 e. The molecule has 3 aromatic rings. The molecule has 0 bridgehead atoms. The van der Waals surface area contributed by atoms with E-state index in [2.05, 4.69) is 32.3 Å². The van der Waals surface area contributed by atoms with E-state index in [1.165, 1.54) is 0 Å². The van der Waals surface area contributed by atoms with Gasteiger partial charge >= 0.3 is 0 Å². The highest BCUT2D eigenvalue weighted by molar-refractivity contribution is 6.31. The molecular formula is C19H20ClN5O. The number of benzene rings is 2. The van der Waals surface area contributed by atoms with Crippen LogP contribution in [0.3, 0.4) is 0 Å². The standard InChI is InChI=1S/C19H20ClN5O/c1-4-25(14-8-6-5-7-9-14)18-12-21-24-19(23-18)22-16-10-13(2)15(20)11-17(16)26-3/h5-12H,4H2,1-3H3,(H,22,23,24). The molecule has 3 rings (SSSR count). The van der Waals surface area contributed by atoms with Crippen LogP contribution in [0.25, 0.3) is 0 Å². The third-order valence-corrected chi connectivity index (χ3v) is 4.34. The van der Waals surface area contributed by atoms with Gasteiger partial charge in [-0.1, -0.05) is 29.8 Å². The molecular weight excluding hydrogens is 350 g/mol. The molecule has 7 heteroatoms. The molecule has 0 fully saturated rings. The Morgan fingerprint density at radius 3 is 2.65 bits per heavy atom. The molecule has 1 heterocycles. The second-order valence-electron chi connectivity index (χ2n) is 5.64. The molecule has 6 nitrogen and oxygen atoms in total. The van der Waals surface area contributed by atoms with E-state index in [9.17, 15) is 0 Å². The van der Waals surface area contributed by atoms with E-state index < -0.39 is 0 Å². The van der Waals surface area contributed by atoms with Crippen molar-refractivity contribution in [2.24, 2.45) is 0 Å². The molecule has 1 N–H and O–H groups in total. The van der Waals surface area contributed by atoms with Crippen LogP contribution in [0.1, 0.15) is 12.5 Å². The lowest BCUT2D eigenvalue weighted by atomic mass is 10.2. The van der Waals surface area contributed by atoms with Crippen molar-refractivity contribution >= 4 is 34.7 Å². The second-order valence-corrected chi connectivity index (χ2v) is 6.05. The number of anilines is 4. The number of nitrogens with one attached hydrogen (secondary N) is 1. The van der Waals surface area contributed by atoms with Crippen molar-refractivity contribution in [3.05, 3.63) is 59.2 Å². The minimum atomic E-state index is 0.386. The highest BCUT2D eigenvalue weighted by atomic mass is 35.5. The number of rotatable bonds is 6. The van der Waals surface area contributed by atoms with Crippen molar-refractivity contribution in [3.8, 4) is 5.75 Å². The molecule has 0 saturated heterocycles. The molecule has 0 spiro atoms. The van der Waals surface area contributed by atoms with Gasteiger partial charge in [0, 0.05) is 23.3 Å². The minimum absolute atomic E-state index is 0.386.